The average molecular weight is 415 g/mol. The molecule has 2 heterocycles. The number of aromatic nitrogens is 1. The molecule has 0 aliphatic carbocycles. The third-order valence-corrected chi connectivity index (χ3v) is 5.63. The molecule has 0 spiro atoms. The van der Waals surface area contributed by atoms with Gasteiger partial charge in [-0.25, -0.2) is 9.37 Å². The van der Waals surface area contributed by atoms with E-state index in [2.05, 4.69) is 4.98 Å². The fraction of sp³-hybridized carbons (Fsp3) is 0.273. The molecule has 2 aromatic carbocycles. The Bertz CT molecular complexity index is 1090. The number of carbonyl (C=O) groups is 1. The number of amides is 1. The molecule has 1 saturated heterocycles. The smallest absolute Gasteiger partial charge is 0.254 e. The van der Waals surface area contributed by atoms with E-state index in [1.54, 1.807) is 41.3 Å². The van der Waals surface area contributed by atoms with Crippen LogP contribution in [0.2, 0.25) is 5.02 Å². The van der Waals surface area contributed by atoms with Crippen molar-refractivity contribution in [1.29, 1.82) is 0 Å². The molecule has 4 rings (SSSR count). The van der Waals surface area contributed by atoms with Crippen LogP contribution >= 0.6 is 11.6 Å². The highest BCUT2D eigenvalue weighted by molar-refractivity contribution is 6.35. The third kappa shape index (κ3) is 3.54. The topological polar surface area (TPSA) is 62.7 Å². The van der Waals surface area contributed by atoms with Crippen LogP contribution in [0.25, 0.3) is 22.2 Å². The predicted molar refractivity (Wildman–Crippen MR) is 110 cm³/mol. The van der Waals surface area contributed by atoms with Crippen molar-refractivity contribution in [3.8, 4) is 17.0 Å². The van der Waals surface area contributed by atoms with E-state index in [1.165, 1.54) is 13.2 Å². The van der Waals surface area contributed by atoms with Gasteiger partial charge in [0.1, 0.15) is 11.6 Å². The molecule has 1 aliphatic rings. The minimum Gasteiger partial charge on any atom is -0.497 e. The zero-order valence-electron chi connectivity index (χ0n) is 15.9. The van der Waals surface area contributed by atoms with E-state index in [1.807, 2.05) is 0 Å². The Kier molecular flexibility index (Phi) is 5.39. The lowest BCUT2D eigenvalue weighted by molar-refractivity contribution is 0.0679. The third-order valence-electron chi connectivity index (χ3n) is 5.32. The molecule has 1 aromatic heterocycles. The lowest BCUT2D eigenvalue weighted by Crippen LogP contribution is -2.37. The Morgan fingerprint density at radius 1 is 1.34 bits per heavy atom. The van der Waals surface area contributed by atoms with E-state index >= 15 is 0 Å². The van der Waals surface area contributed by atoms with Crippen molar-refractivity contribution >= 4 is 28.4 Å². The molecule has 0 radical (unpaired) electrons. The molecule has 0 saturated carbocycles. The number of hydrogen-bond acceptors (Lipinski definition) is 4. The van der Waals surface area contributed by atoms with Gasteiger partial charge in [-0.05, 0) is 37.1 Å². The second-order valence-corrected chi connectivity index (χ2v) is 7.42. The summed E-state index contributed by atoms with van der Waals surface area (Å²) < 4.78 is 19.8. The van der Waals surface area contributed by atoms with Crippen LogP contribution in [0.5, 0.6) is 5.75 Å². The number of rotatable bonds is 4. The molecule has 0 unspecified atom stereocenters. The highest BCUT2D eigenvalue weighted by atomic mass is 35.5. The Labute approximate surface area is 172 Å². The molecule has 1 atom stereocenters. The number of benzene rings is 2. The largest absolute Gasteiger partial charge is 0.497 e. The van der Waals surface area contributed by atoms with Crippen LogP contribution in [-0.2, 0) is 0 Å². The zero-order chi connectivity index (χ0) is 20.5. The van der Waals surface area contributed by atoms with Crippen molar-refractivity contribution in [3.63, 3.8) is 0 Å². The summed E-state index contributed by atoms with van der Waals surface area (Å²) in [5, 5.41) is 10.6. The fourth-order valence-corrected chi connectivity index (χ4v) is 4.02. The quantitative estimate of drug-likeness (QED) is 0.691. The number of nitrogens with zero attached hydrogens (tertiary/aromatic N) is 2. The molecular formula is C22H20ClFN2O3. The highest BCUT2D eigenvalue weighted by Gasteiger charge is 2.30. The van der Waals surface area contributed by atoms with Crippen molar-refractivity contribution in [2.24, 2.45) is 0 Å². The fourth-order valence-electron chi connectivity index (χ4n) is 3.81. The predicted octanol–water partition coefficient (Wildman–Crippen LogP) is 4.30. The number of fused-ring (bicyclic) bond motifs is 1. The Hall–Kier alpha value is -2.70. The molecule has 1 aliphatic heterocycles. The second-order valence-electron chi connectivity index (χ2n) is 7.01. The maximum Gasteiger partial charge on any atom is 0.254 e. The number of ether oxygens (including phenoxy) is 1. The van der Waals surface area contributed by atoms with Crippen molar-refractivity contribution < 1.29 is 19.0 Å². The van der Waals surface area contributed by atoms with Crippen LogP contribution in [0, 0.1) is 5.82 Å². The number of pyridine rings is 1. The molecular weight excluding hydrogens is 395 g/mol. The molecule has 150 valence electrons. The first-order valence-corrected chi connectivity index (χ1v) is 9.76. The first kappa shape index (κ1) is 19.6. The van der Waals surface area contributed by atoms with Crippen LogP contribution in [0.1, 0.15) is 23.2 Å². The van der Waals surface area contributed by atoms with Gasteiger partial charge in [-0.15, -0.1) is 0 Å². The minimum atomic E-state index is -0.504. The molecule has 0 bridgehead atoms. The van der Waals surface area contributed by atoms with Crippen LogP contribution < -0.4 is 4.74 Å². The van der Waals surface area contributed by atoms with Crippen molar-refractivity contribution in [3.05, 3.63) is 58.9 Å². The van der Waals surface area contributed by atoms with Gasteiger partial charge in [0.05, 0.1) is 41.6 Å². The van der Waals surface area contributed by atoms with Gasteiger partial charge in [0.2, 0.25) is 0 Å². The summed E-state index contributed by atoms with van der Waals surface area (Å²) >= 11 is 6.36. The van der Waals surface area contributed by atoms with Gasteiger partial charge >= 0.3 is 0 Å². The van der Waals surface area contributed by atoms with Crippen LogP contribution in [0.15, 0.2) is 42.5 Å². The number of halogens is 2. The Morgan fingerprint density at radius 2 is 2.17 bits per heavy atom. The van der Waals surface area contributed by atoms with Crippen LogP contribution in [-0.4, -0.2) is 47.2 Å². The normalized spacial score (nSPS) is 16.4. The van der Waals surface area contributed by atoms with E-state index in [0.29, 0.717) is 39.5 Å². The number of carbonyl (C=O) groups excluding carboxylic acids is 1. The summed E-state index contributed by atoms with van der Waals surface area (Å²) in [6, 6.07) is 11.1. The lowest BCUT2D eigenvalue weighted by atomic mass is 10.0. The maximum atomic E-state index is 14.7. The summed E-state index contributed by atoms with van der Waals surface area (Å²) in [5.41, 5.74) is 1.39. The van der Waals surface area contributed by atoms with E-state index in [9.17, 15) is 14.3 Å². The maximum absolute atomic E-state index is 14.7. The molecule has 5 nitrogen and oxygen atoms in total. The summed E-state index contributed by atoms with van der Waals surface area (Å²) in [6.07, 6.45) is 1.59. The summed E-state index contributed by atoms with van der Waals surface area (Å²) in [5.74, 6) is -0.327. The second kappa shape index (κ2) is 7.97. The van der Waals surface area contributed by atoms with Crippen LogP contribution in [0.3, 0.4) is 0 Å². The highest BCUT2D eigenvalue weighted by Crippen LogP contribution is 2.33. The molecule has 1 fully saturated rings. The van der Waals surface area contributed by atoms with Gasteiger partial charge in [-0.1, -0.05) is 23.7 Å². The van der Waals surface area contributed by atoms with Crippen LogP contribution in [0.4, 0.5) is 4.39 Å². The molecule has 29 heavy (non-hydrogen) atoms. The Morgan fingerprint density at radius 3 is 2.90 bits per heavy atom. The number of aliphatic hydroxyl groups excluding tert-OH is 1. The number of hydrogen-bond donors (Lipinski definition) is 1. The van der Waals surface area contributed by atoms with Gasteiger partial charge in [0.25, 0.3) is 5.91 Å². The van der Waals surface area contributed by atoms with Gasteiger partial charge in [-0.2, -0.15) is 0 Å². The average Bonchev–Trinajstić information content (AvgIpc) is 3.21. The molecule has 1 N–H and O–H groups in total. The van der Waals surface area contributed by atoms with Crippen molar-refractivity contribution in [1.82, 2.24) is 9.88 Å². The minimum absolute atomic E-state index is 0.0878. The van der Waals surface area contributed by atoms with Crippen molar-refractivity contribution in [2.75, 3.05) is 20.3 Å². The van der Waals surface area contributed by atoms with E-state index in [-0.39, 0.29) is 24.1 Å². The van der Waals surface area contributed by atoms with Crippen molar-refractivity contribution in [2.45, 2.75) is 18.9 Å². The van der Waals surface area contributed by atoms with E-state index < -0.39 is 5.82 Å². The number of likely N-dealkylation sites (tertiary alicyclic amines) is 1. The summed E-state index contributed by atoms with van der Waals surface area (Å²) in [4.78, 5) is 19.5. The van der Waals surface area contributed by atoms with E-state index in [4.69, 9.17) is 16.3 Å². The standard InChI is InChI=1S/C22H20ClFN2O3/c1-29-14-7-8-16(19(24)10-14)20-11-17(15-5-2-6-18(23)21(15)25-20)22(28)26-9-3-4-13(26)12-27/h2,5-8,10-11,13,27H,3-4,9,12H2,1H3/t13-/m0/s1. The molecule has 1 amide bonds. The number of aliphatic hydroxyl groups is 1. The lowest BCUT2D eigenvalue weighted by Gasteiger charge is -2.24. The van der Waals surface area contributed by atoms with Gasteiger partial charge in [0.15, 0.2) is 0 Å². The van der Waals surface area contributed by atoms with Gasteiger partial charge in [-0.3, -0.25) is 4.79 Å². The number of para-hydroxylation sites is 1. The molecule has 3 aromatic rings. The monoisotopic (exact) mass is 414 g/mol. The SMILES string of the molecule is COc1ccc(-c2cc(C(=O)N3CCC[C@H]3CO)c3cccc(Cl)c3n2)c(F)c1. The first-order valence-electron chi connectivity index (χ1n) is 9.38. The molecule has 7 heteroatoms. The zero-order valence-corrected chi connectivity index (χ0v) is 16.6. The summed E-state index contributed by atoms with van der Waals surface area (Å²) in [7, 11) is 1.47. The summed E-state index contributed by atoms with van der Waals surface area (Å²) in [6.45, 7) is 0.482. The van der Waals surface area contributed by atoms with Gasteiger partial charge < -0.3 is 14.7 Å². The van der Waals surface area contributed by atoms with E-state index in [0.717, 1.165) is 12.8 Å². The first-order chi connectivity index (χ1) is 14.0. The number of methoxy groups -OCH3 is 1. The van der Waals surface area contributed by atoms with Gasteiger partial charge in [0, 0.05) is 23.6 Å². The Balaban J connectivity index is 1.90.